The molecule has 0 spiro atoms. The molecule has 0 aliphatic carbocycles. The van der Waals surface area contributed by atoms with Gasteiger partial charge in [0, 0.05) is 27.0 Å². The zero-order valence-corrected chi connectivity index (χ0v) is 18.9. The van der Waals surface area contributed by atoms with Crippen molar-refractivity contribution in [3.05, 3.63) is 53.6 Å². The number of hydrogen-bond donors (Lipinski definition) is 0. The summed E-state index contributed by atoms with van der Waals surface area (Å²) >= 11 is 0. The van der Waals surface area contributed by atoms with Crippen molar-refractivity contribution < 1.29 is 28.5 Å². The Morgan fingerprint density at radius 2 is 1.88 bits per heavy atom. The van der Waals surface area contributed by atoms with E-state index in [0.29, 0.717) is 31.1 Å². The maximum atomic E-state index is 13.3. The molecule has 0 fully saturated rings. The van der Waals surface area contributed by atoms with Crippen molar-refractivity contribution in [3.63, 3.8) is 0 Å². The van der Waals surface area contributed by atoms with Crippen LogP contribution in [0.5, 0.6) is 17.2 Å². The van der Waals surface area contributed by atoms with Gasteiger partial charge in [0.15, 0.2) is 11.5 Å². The summed E-state index contributed by atoms with van der Waals surface area (Å²) in [5.74, 6) is 1.59. The summed E-state index contributed by atoms with van der Waals surface area (Å²) in [6.07, 6.45) is 0.524. The van der Waals surface area contributed by atoms with E-state index >= 15 is 0 Å². The van der Waals surface area contributed by atoms with Crippen LogP contribution in [0.25, 0.3) is 0 Å². The van der Waals surface area contributed by atoms with Gasteiger partial charge in [-0.05, 0) is 47.5 Å². The number of rotatable bonds is 8. The Kier molecular flexibility index (Phi) is 6.79. The van der Waals surface area contributed by atoms with Gasteiger partial charge in [-0.1, -0.05) is 6.07 Å². The van der Waals surface area contributed by atoms with Crippen LogP contribution in [-0.2, 0) is 14.3 Å². The van der Waals surface area contributed by atoms with Crippen LogP contribution < -0.4 is 14.2 Å². The molecule has 0 saturated carbocycles. The highest BCUT2D eigenvalue weighted by Crippen LogP contribution is 2.39. The zero-order valence-electron chi connectivity index (χ0n) is 18.9. The second-order valence-electron chi connectivity index (χ2n) is 7.78. The number of hydrogen-bond acceptors (Lipinski definition) is 7. The second-order valence-corrected chi connectivity index (χ2v) is 7.78. The van der Waals surface area contributed by atoms with Crippen molar-refractivity contribution in [2.45, 2.75) is 19.4 Å². The van der Waals surface area contributed by atoms with Crippen LogP contribution in [0, 0.1) is 0 Å². The van der Waals surface area contributed by atoms with Crippen molar-refractivity contribution >= 4 is 17.5 Å². The quantitative estimate of drug-likeness (QED) is 0.610. The Morgan fingerprint density at radius 3 is 2.58 bits per heavy atom. The van der Waals surface area contributed by atoms with E-state index in [0.717, 1.165) is 22.6 Å². The molecule has 33 heavy (non-hydrogen) atoms. The molecule has 9 nitrogen and oxygen atoms in total. The van der Waals surface area contributed by atoms with Crippen molar-refractivity contribution in [3.8, 4) is 17.2 Å². The normalized spacial score (nSPS) is 16.5. The third-order valence-corrected chi connectivity index (χ3v) is 5.71. The van der Waals surface area contributed by atoms with E-state index in [1.807, 2.05) is 42.5 Å². The molecule has 2 aromatic carbocycles. The summed E-state index contributed by atoms with van der Waals surface area (Å²) in [6.45, 7) is 2.20. The predicted octanol–water partition coefficient (Wildman–Crippen LogP) is 2.60. The van der Waals surface area contributed by atoms with Crippen LogP contribution in [0.2, 0.25) is 0 Å². The average molecular weight is 453 g/mol. The molecule has 2 aliphatic heterocycles. The second kappa shape index (κ2) is 9.91. The molecule has 0 radical (unpaired) electrons. The number of hydrazone groups is 1. The van der Waals surface area contributed by atoms with Crippen LogP contribution in [0.4, 0.5) is 0 Å². The SMILES string of the molecule is COCCN(CC(=O)N1N=C(c2ccc(OC)cc2)C[C@@H]1c1ccc2c(c1)OCO2)C(C)=O. The molecule has 0 saturated heterocycles. The highest BCUT2D eigenvalue weighted by molar-refractivity contribution is 6.03. The lowest BCUT2D eigenvalue weighted by atomic mass is 9.98. The van der Waals surface area contributed by atoms with Gasteiger partial charge in [0.1, 0.15) is 12.3 Å². The molecule has 2 amide bonds. The molecule has 0 N–H and O–H groups in total. The number of nitrogens with zero attached hydrogens (tertiary/aromatic N) is 3. The van der Waals surface area contributed by atoms with E-state index in [-0.39, 0.29) is 31.2 Å². The lowest BCUT2D eigenvalue weighted by Gasteiger charge is -2.26. The number of carbonyl (C=O) groups excluding carboxylic acids is 2. The molecule has 4 rings (SSSR count). The smallest absolute Gasteiger partial charge is 0.262 e. The molecular formula is C24H27N3O6. The van der Waals surface area contributed by atoms with Crippen LogP contribution in [-0.4, -0.2) is 68.1 Å². The maximum absolute atomic E-state index is 13.3. The first-order valence-electron chi connectivity index (χ1n) is 10.7. The first-order valence-corrected chi connectivity index (χ1v) is 10.7. The van der Waals surface area contributed by atoms with E-state index in [2.05, 4.69) is 5.10 Å². The Balaban J connectivity index is 1.62. The van der Waals surface area contributed by atoms with Gasteiger partial charge in [-0.25, -0.2) is 5.01 Å². The molecule has 174 valence electrons. The van der Waals surface area contributed by atoms with Gasteiger partial charge >= 0.3 is 0 Å². The van der Waals surface area contributed by atoms with Crippen molar-refractivity contribution in [2.75, 3.05) is 40.7 Å². The van der Waals surface area contributed by atoms with Gasteiger partial charge in [-0.2, -0.15) is 5.10 Å². The summed E-state index contributed by atoms with van der Waals surface area (Å²) < 4.78 is 21.3. The number of fused-ring (bicyclic) bond motifs is 1. The van der Waals surface area contributed by atoms with E-state index in [1.165, 1.54) is 16.8 Å². The first-order chi connectivity index (χ1) is 16.0. The van der Waals surface area contributed by atoms with E-state index in [1.54, 1.807) is 14.2 Å². The standard InChI is InChI=1S/C24H27N3O6/c1-16(28)26(10-11-30-2)14-24(29)27-21(18-6-9-22-23(12-18)33-15-32-22)13-20(25-27)17-4-7-19(31-3)8-5-17/h4-9,12,21H,10-11,13-15H2,1-3H3/t21-/m1/s1. The van der Waals surface area contributed by atoms with Crippen molar-refractivity contribution in [1.82, 2.24) is 9.91 Å². The fourth-order valence-electron chi connectivity index (χ4n) is 3.86. The molecule has 0 unspecified atom stereocenters. The molecule has 9 heteroatoms. The summed E-state index contributed by atoms with van der Waals surface area (Å²) in [7, 11) is 3.17. The van der Waals surface area contributed by atoms with Gasteiger partial charge in [0.2, 0.25) is 12.7 Å². The molecule has 1 atom stereocenters. The minimum Gasteiger partial charge on any atom is -0.497 e. The number of carbonyl (C=O) groups is 2. The summed E-state index contributed by atoms with van der Waals surface area (Å²) in [4.78, 5) is 26.8. The summed E-state index contributed by atoms with van der Waals surface area (Å²) in [6, 6.07) is 12.9. The number of benzene rings is 2. The third-order valence-electron chi connectivity index (χ3n) is 5.71. The zero-order chi connectivity index (χ0) is 23.4. The summed E-state index contributed by atoms with van der Waals surface area (Å²) in [5, 5.41) is 6.15. The molecule has 2 heterocycles. The van der Waals surface area contributed by atoms with E-state index in [9.17, 15) is 9.59 Å². The minimum atomic E-state index is -0.333. The molecule has 2 aliphatic rings. The molecule has 0 aromatic heterocycles. The van der Waals surface area contributed by atoms with E-state index < -0.39 is 0 Å². The molecular weight excluding hydrogens is 426 g/mol. The highest BCUT2D eigenvalue weighted by Gasteiger charge is 2.35. The van der Waals surface area contributed by atoms with Crippen LogP contribution in [0.1, 0.15) is 30.5 Å². The fourth-order valence-corrected chi connectivity index (χ4v) is 3.86. The van der Waals surface area contributed by atoms with Crippen LogP contribution in [0.3, 0.4) is 0 Å². The van der Waals surface area contributed by atoms with Gasteiger partial charge < -0.3 is 23.8 Å². The lowest BCUT2D eigenvalue weighted by Crippen LogP contribution is -2.41. The Labute approximate surface area is 192 Å². The monoisotopic (exact) mass is 453 g/mol. The van der Waals surface area contributed by atoms with Gasteiger partial charge in [0.25, 0.3) is 5.91 Å². The van der Waals surface area contributed by atoms with Crippen molar-refractivity contribution in [2.24, 2.45) is 5.10 Å². The van der Waals surface area contributed by atoms with Gasteiger partial charge in [0.05, 0.1) is 25.5 Å². The third kappa shape index (κ3) is 4.93. The minimum absolute atomic E-state index is 0.0842. The molecule has 0 bridgehead atoms. The van der Waals surface area contributed by atoms with Crippen molar-refractivity contribution in [1.29, 1.82) is 0 Å². The maximum Gasteiger partial charge on any atom is 0.262 e. The number of amides is 2. The average Bonchev–Trinajstić information content (AvgIpc) is 3.48. The summed E-state index contributed by atoms with van der Waals surface area (Å²) in [5.41, 5.74) is 2.56. The Morgan fingerprint density at radius 1 is 1.12 bits per heavy atom. The first kappa shape index (κ1) is 22.6. The Bertz CT molecular complexity index is 1050. The lowest BCUT2D eigenvalue weighted by molar-refractivity contribution is -0.141. The fraction of sp³-hybridized carbons (Fsp3) is 0.375. The van der Waals surface area contributed by atoms with Gasteiger partial charge in [-0.15, -0.1) is 0 Å². The Hall–Kier alpha value is -3.59. The number of ether oxygens (including phenoxy) is 4. The topological polar surface area (TPSA) is 89.9 Å². The number of methoxy groups -OCH3 is 2. The van der Waals surface area contributed by atoms with E-state index in [4.69, 9.17) is 18.9 Å². The molecule has 2 aromatic rings. The largest absolute Gasteiger partial charge is 0.497 e. The highest BCUT2D eigenvalue weighted by atomic mass is 16.7. The van der Waals surface area contributed by atoms with Crippen LogP contribution in [0.15, 0.2) is 47.6 Å². The van der Waals surface area contributed by atoms with Gasteiger partial charge in [-0.3, -0.25) is 9.59 Å². The predicted molar refractivity (Wildman–Crippen MR) is 120 cm³/mol. The van der Waals surface area contributed by atoms with Crippen LogP contribution >= 0.6 is 0 Å².